The summed E-state index contributed by atoms with van der Waals surface area (Å²) in [7, 11) is 0. The Labute approximate surface area is 107 Å². The second kappa shape index (κ2) is 4.98. The molecule has 9 nitrogen and oxygen atoms in total. The van der Waals surface area contributed by atoms with Crippen LogP contribution in [0, 0.1) is 20.2 Å². The lowest BCUT2D eigenvalue weighted by molar-refractivity contribution is -0.394. The summed E-state index contributed by atoms with van der Waals surface area (Å²) < 4.78 is 4.78. The molecular weight excluding hydrogens is 258 g/mol. The molecule has 0 aliphatic heterocycles. The number of carbonyl (C=O) groups excluding carboxylic acids is 1. The van der Waals surface area contributed by atoms with Gasteiger partial charge in [0.2, 0.25) is 5.75 Å². The minimum Gasteiger partial charge on any atom is -0.418 e. The van der Waals surface area contributed by atoms with Gasteiger partial charge in [0.05, 0.1) is 15.9 Å². The molecule has 0 saturated carbocycles. The zero-order chi connectivity index (χ0) is 14.8. The summed E-state index contributed by atoms with van der Waals surface area (Å²) >= 11 is 0. The molecule has 102 valence electrons. The van der Waals surface area contributed by atoms with E-state index in [0.717, 1.165) is 12.1 Å². The van der Waals surface area contributed by atoms with Crippen molar-refractivity contribution in [3.63, 3.8) is 0 Å². The summed E-state index contributed by atoms with van der Waals surface area (Å²) in [5.74, 6) is -1.27. The van der Waals surface area contributed by atoms with Gasteiger partial charge in [-0.3, -0.25) is 20.2 Å². The first-order valence-corrected chi connectivity index (χ1v) is 5.07. The van der Waals surface area contributed by atoms with E-state index < -0.39 is 32.7 Å². The second-order valence-corrected chi connectivity index (χ2v) is 4.28. The topological polar surface area (TPSA) is 139 Å². The van der Waals surface area contributed by atoms with E-state index in [4.69, 9.17) is 10.5 Å². The van der Waals surface area contributed by atoms with E-state index in [1.165, 1.54) is 13.8 Å². The van der Waals surface area contributed by atoms with Gasteiger partial charge in [-0.15, -0.1) is 0 Å². The van der Waals surface area contributed by atoms with Gasteiger partial charge < -0.3 is 10.5 Å². The molecule has 0 fully saturated rings. The quantitative estimate of drug-likeness (QED) is 0.374. The van der Waals surface area contributed by atoms with Crippen LogP contribution < -0.4 is 10.5 Å². The molecule has 1 aromatic carbocycles. The van der Waals surface area contributed by atoms with Crippen molar-refractivity contribution in [1.82, 2.24) is 0 Å². The zero-order valence-electron chi connectivity index (χ0n) is 10.2. The Morgan fingerprint density at radius 3 is 2.26 bits per heavy atom. The average molecular weight is 269 g/mol. The van der Waals surface area contributed by atoms with Crippen molar-refractivity contribution < 1.29 is 19.4 Å². The Bertz CT molecular complexity index is 549. The third kappa shape index (κ3) is 3.45. The molecule has 0 bridgehead atoms. The number of carbonyl (C=O) groups is 1. The van der Waals surface area contributed by atoms with Crippen LogP contribution in [0.1, 0.15) is 13.8 Å². The van der Waals surface area contributed by atoms with Crippen molar-refractivity contribution in [2.75, 3.05) is 0 Å². The minimum absolute atomic E-state index is 0.390. The van der Waals surface area contributed by atoms with E-state index in [2.05, 4.69) is 0 Å². The molecule has 0 spiro atoms. The molecule has 0 atom stereocenters. The first-order chi connectivity index (χ1) is 8.62. The Hall–Kier alpha value is -2.55. The molecule has 0 heterocycles. The maximum atomic E-state index is 11.5. The SMILES string of the molecule is CC(C)(N)C(=O)Oc1ccc([N+](=O)[O-])cc1[N+](=O)[O-]. The molecule has 1 aromatic rings. The highest BCUT2D eigenvalue weighted by atomic mass is 16.6. The van der Waals surface area contributed by atoms with Gasteiger partial charge in [-0.05, 0) is 19.9 Å². The number of non-ortho nitro benzene ring substituents is 1. The average Bonchev–Trinajstić information content (AvgIpc) is 2.27. The van der Waals surface area contributed by atoms with E-state index >= 15 is 0 Å². The maximum Gasteiger partial charge on any atom is 0.331 e. The lowest BCUT2D eigenvalue weighted by atomic mass is 10.1. The highest BCUT2D eigenvalue weighted by molar-refractivity contribution is 5.82. The molecule has 19 heavy (non-hydrogen) atoms. The minimum atomic E-state index is -1.34. The van der Waals surface area contributed by atoms with E-state index in [9.17, 15) is 25.0 Å². The smallest absolute Gasteiger partial charge is 0.331 e. The summed E-state index contributed by atoms with van der Waals surface area (Å²) in [5, 5.41) is 21.3. The number of nitro benzene ring substituents is 2. The third-order valence-electron chi connectivity index (χ3n) is 2.08. The Balaban J connectivity index is 3.18. The molecule has 9 heteroatoms. The van der Waals surface area contributed by atoms with Crippen molar-refractivity contribution in [3.05, 3.63) is 38.4 Å². The molecule has 2 N–H and O–H groups in total. The highest BCUT2D eigenvalue weighted by Gasteiger charge is 2.28. The fourth-order valence-corrected chi connectivity index (χ4v) is 1.08. The molecule has 0 radical (unpaired) electrons. The van der Waals surface area contributed by atoms with Crippen LogP contribution in [0.25, 0.3) is 0 Å². The van der Waals surface area contributed by atoms with Gasteiger partial charge in [-0.1, -0.05) is 0 Å². The van der Waals surface area contributed by atoms with Crippen molar-refractivity contribution >= 4 is 17.3 Å². The lowest BCUT2D eigenvalue weighted by Gasteiger charge is -2.16. The molecule has 0 aliphatic carbocycles. The summed E-state index contributed by atoms with van der Waals surface area (Å²) in [5.41, 5.74) is 2.99. The molecule has 0 aliphatic rings. The van der Waals surface area contributed by atoms with Crippen molar-refractivity contribution in [3.8, 4) is 5.75 Å². The van der Waals surface area contributed by atoms with Crippen LogP contribution in [-0.4, -0.2) is 21.4 Å². The number of hydrogen-bond acceptors (Lipinski definition) is 7. The predicted octanol–water partition coefficient (Wildman–Crippen LogP) is 1.15. The van der Waals surface area contributed by atoms with E-state index in [-0.39, 0.29) is 5.75 Å². The van der Waals surface area contributed by atoms with Crippen LogP contribution in [0.5, 0.6) is 5.75 Å². The Morgan fingerprint density at radius 1 is 1.26 bits per heavy atom. The van der Waals surface area contributed by atoms with Crippen LogP contribution in [0.2, 0.25) is 0 Å². The number of ether oxygens (including phenoxy) is 1. The van der Waals surface area contributed by atoms with Gasteiger partial charge in [-0.25, -0.2) is 4.79 Å². The first kappa shape index (κ1) is 14.5. The van der Waals surface area contributed by atoms with Crippen molar-refractivity contribution in [1.29, 1.82) is 0 Å². The van der Waals surface area contributed by atoms with Gasteiger partial charge in [-0.2, -0.15) is 0 Å². The maximum absolute atomic E-state index is 11.5. The fraction of sp³-hybridized carbons (Fsp3) is 0.300. The standard InChI is InChI=1S/C10H11N3O6/c1-10(2,11)9(14)19-8-4-3-6(12(15)16)5-7(8)13(17)18/h3-5H,11H2,1-2H3. The largest absolute Gasteiger partial charge is 0.418 e. The highest BCUT2D eigenvalue weighted by Crippen LogP contribution is 2.31. The molecule has 0 unspecified atom stereocenters. The summed E-state index contributed by atoms with van der Waals surface area (Å²) in [6.45, 7) is 2.74. The summed E-state index contributed by atoms with van der Waals surface area (Å²) in [4.78, 5) is 31.2. The molecule has 0 saturated heterocycles. The van der Waals surface area contributed by atoms with E-state index in [1.807, 2.05) is 0 Å². The number of nitrogens with zero attached hydrogens (tertiary/aromatic N) is 2. The number of nitro groups is 2. The van der Waals surface area contributed by atoms with E-state index in [0.29, 0.717) is 6.07 Å². The monoisotopic (exact) mass is 269 g/mol. The normalized spacial score (nSPS) is 10.9. The van der Waals surface area contributed by atoms with Gasteiger partial charge >= 0.3 is 11.7 Å². The number of hydrogen-bond donors (Lipinski definition) is 1. The first-order valence-electron chi connectivity index (χ1n) is 5.07. The van der Waals surface area contributed by atoms with Crippen LogP contribution in [0.4, 0.5) is 11.4 Å². The second-order valence-electron chi connectivity index (χ2n) is 4.28. The van der Waals surface area contributed by atoms with Crippen molar-refractivity contribution in [2.45, 2.75) is 19.4 Å². The molecule has 0 aromatic heterocycles. The van der Waals surface area contributed by atoms with Gasteiger partial charge in [0, 0.05) is 6.07 Å². The molecule has 0 amide bonds. The zero-order valence-corrected chi connectivity index (χ0v) is 10.2. The molecular formula is C10H11N3O6. The van der Waals surface area contributed by atoms with Crippen LogP contribution in [0.3, 0.4) is 0 Å². The number of esters is 1. The van der Waals surface area contributed by atoms with Crippen LogP contribution in [0.15, 0.2) is 18.2 Å². The van der Waals surface area contributed by atoms with Gasteiger partial charge in [0.1, 0.15) is 5.54 Å². The van der Waals surface area contributed by atoms with Crippen molar-refractivity contribution in [2.24, 2.45) is 5.73 Å². The fourth-order valence-electron chi connectivity index (χ4n) is 1.08. The van der Waals surface area contributed by atoms with Gasteiger partial charge in [0.25, 0.3) is 5.69 Å². The van der Waals surface area contributed by atoms with Crippen LogP contribution >= 0.6 is 0 Å². The number of nitrogens with two attached hydrogens (primary N) is 1. The predicted molar refractivity (Wildman–Crippen MR) is 63.7 cm³/mol. The van der Waals surface area contributed by atoms with Crippen LogP contribution in [-0.2, 0) is 4.79 Å². The third-order valence-corrected chi connectivity index (χ3v) is 2.08. The summed E-state index contributed by atoms with van der Waals surface area (Å²) in [6, 6.07) is 2.70. The molecule has 1 rings (SSSR count). The van der Waals surface area contributed by atoms with E-state index in [1.54, 1.807) is 0 Å². The summed E-state index contributed by atoms with van der Waals surface area (Å²) in [6.07, 6.45) is 0. The Morgan fingerprint density at radius 2 is 1.84 bits per heavy atom. The number of benzene rings is 1. The number of rotatable bonds is 4. The van der Waals surface area contributed by atoms with Gasteiger partial charge in [0.15, 0.2) is 0 Å². The lowest BCUT2D eigenvalue weighted by Crippen LogP contribution is -2.44. The Kier molecular flexibility index (Phi) is 3.80.